The van der Waals surface area contributed by atoms with Gasteiger partial charge in [-0.05, 0) is 0 Å². The van der Waals surface area contributed by atoms with Crippen LogP contribution in [0.1, 0.15) is 4.28 Å². The van der Waals surface area contributed by atoms with Gasteiger partial charge in [-0.2, -0.15) is 0 Å². The van der Waals surface area contributed by atoms with Gasteiger partial charge in [0.25, 0.3) is 0 Å². The molecular formula is H6BeNaO4P. The van der Waals surface area contributed by atoms with E-state index in [4.69, 9.17) is 19.2 Å². The third-order valence-electron chi connectivity index (χ3n) is 0. The van der Waals surface area contributed by atoms with Crippen LogP contribution in [0, 0.1) is 0 Å². The van der Waals surface area contributed by atoms with Crippen LogP contribution < -0.4 is 29.6 Å². The van der Waals surface area contributed by atoms with Gasteiger partial charge in [0.15, 0.2) is 0 Å². The molecular weight excluding hydrogens is 127 g/mol. The average molecular weight is 133 g/mol. The molecule has 0 aromatic carbocycles. The normalized spacial score (nSPS) is 8.43. The van der Waals surface area contributed by atoms with E-state index in [1.165, 1.54) is 0 Å². The quantitative estimate of drug-likeness (QED) is 0.232. The van der Waals surface area contributed by atoms with Gasteiger partial charge < -0.3 is 19.0 Å². The van der Waals surface area contributed by atoms with Crippen molar-refractivity contribution in [2.75, 3.05) is 0 Å². The molecule has 0 aliphatic carbocycles. The molecule has 0 spiro atoms. The summed E-state index contributed by atoms with van der Waals surface area (Å²) in [7, 11) is -4.64. The van der Waals surface area contributed by atoms with E-state index in [0.29, 0.717) is 0 Å². The predicted octanol–water partition coefficient (Wildman–Crippen LogP) is -3.97. The Morgan fingerprint density at radius 3 is 1.29 bits per heavy atom. The van der Waals surface area contributed by atoms with Crippen molar-refractivity contribution >= 4 is 17.9 Å². The molecule has 0 aliphatic heterocycles. The molecule has 0 amide bonds. The molecule has 0 atom stereocenters. The fourth-order valence-corrected chi connectivity index (χ4v) is 0. The summed E-state index contributed by atoms with van der Waals surface area (Å²) in [4.78, 5) is 21.6. The van der Waals surface area contributed by atoms with Crippen molar-refractivity contribution in [3.8, 4) is 0 Å². The molecule has 0 bridgehead atoms. The molecule has 0 aliphatic rings. The van der Waals surface area contributed by atoms with Crippen LogP contribution in [0.3, 0.4) is 0 Å². The average Bonchev–Trinajstić information content (AvgIpc) is 0.722. The molecule has 38 valence electrons. The van der Waals surface area contributed by atoms with Crippen molar-refractivity contribution in [2.45, 2.75) is 0 Å². The van der Waals surface area contributed by atoms with Crippen molar-refractivity contribution in [3.05, 3.63) is 0 Å². The molecule has 0 aromatic rings. The van der Waals surface area contributed by atoms with E-state index in [9.17, 15) is 0 Å². The van der Waals surface area contributed by atoms with Crippen LogP contribution >= 0.6 is 7.82 Å². The molecule has 0 saturated heterocycles. The van der Waals surface area contributed by atoms with Crippen LogP contribution in [0.4, 0.5) is 0 Å². The molecule has 0 radical (unpaired) electrons. The minimum absolute atomic E-state index is 0. The second kappa shape index (κ2) is 5.42. The number of rotatable bonds is 0. The van der Waals surface area contributed by atoms with Gasteiger partial charge in [-0.3, -0.25) is 0 Å². The van der Waals surface area contributed by atoms with E-state index < -0.39 is 7.82 Å². The van der Waals surface area contributed by atoms with Gasteiger partial charge in [-0.1, -0.05) is 0 Å². The molecule has 3 N–H and O–H groups in total. The van der Waals surface area contributed by atoms with Gasteiger partial charge >= 0.3 is 47.5 Å². The summed E-state index contributed by atoms with van der Waals surface area (Å²) in [5, 5.41) is 0. The summed E-state index contributed by atoms with van der Waals surface area (Å²) in [6.45, 7) is 0. The maximum atomic E-state index is 8.88. The second-order valence-electron chi connectivity index (χ2n) is 0.513. The zero-order valence-electron chi connectivity index (χ0n) is 6.90. The van der Waals surface area contributed by atoms with Crippen LogP contribution in [-0.4, -0.2) is 24.8 Å². The summed E-state index contributed by atoms with van der Waals surface area (Å²) >= 11 is 0. The fourth-order valence-electron chi connectivity index (χ4n) is 0. The van der Waals surface area contributed by atoms with E-state index in [-0.39, 0.29) is 44.0 Å². The van der Waals surface area contributed by atoms with Crippen LogP contribution in [-0.2, 0) is 4.57 Å². The molecule has 0 unspecified atom stereocenters. The smallest absolute Gasteiger partial charge is 1.00 e. The molecule has 0 heterocycles. The summed E-state index contributed by atoms with van der Waals surface area (Å²) in [6.07, 6.45) is 0. The third-order valence-corrected chi connectivity index (χ3v) is 0. The Morgan fingerprint density at radius 1 is 1.29 bits per heavy atom. The topological polar surface area (TPSA) is 77.8 Å². The zero-order chi connectivity index (χ0) is 4.50. The number of phosphoric acid groups is 1. The van der Waals surface area contributed by atoms with Gasteiger partial charge in [0.2, 0.25) is 0 Å². The van der Waals surface area contributed by atoms with Crippen molar-refractivity contribution in [1.82, 2.24) is 0 Å². The first-order chi connectivity index (χ1) is 2.00. The third kappa shape index (κ3) is 124. The molecule has 0 aromatic heterocycles. The Morgan fingerprint density at radius 2 is 1.29 bits per heavy atom. The van der Waals surface area contributed by atoms with Crippen molar-refractivity contribution in [1.29, 1.82) is 0 Å². The fraction of sp³-hybridized carbons (Fsp3) is 0. The predicted molar refractivity (Wildman–Crippen MR) is 23.4 cm³/mol. The summed E-state index contributed by atoms with van der Waals surface area (Å²) in [6, 6.07) is 0. The molecule has 4 nitrogen and oxygen atoms in total. The van der Waals surface area contributed by atoms with Crippen LogP contribution in [0.5, 0.6) is 0 Å². The van der Waals surface area contributed by atoms with Gasteiger partial charge in [0, 0.05) is 0 Å². The van der Waals surface area contributed by atoms with Crippen molar-refractivity contribution in [2.24, 2.45) is 0 Å². The van der Waals surface area contributed by atoms with E-state index in [1.54, 1.807) is 0 Å². The molecule has 0 fully saturated rings. The number of hydrogen-bond acceptors (Lipinski definition) is 1. The van der Waals surface area contributed by atoms with Gasteiger partial charge in [-0.15, -0.1) is 0 Å². The van der Waals surface area contributed by atoms with Crippen LogP contribution in [0.2, 0.25) is 0 Å². The minimum Gasteiger partial charge on any atom is -1.00 e. The van der Waals surface area contributed by atoms with Crippen LogP contribution in [0.25, 0.3) is 0 Å². The Bertz CT molecular complexity index is 66.6. The van der Waals surface area contributed by atoms with Gasteiger partial charge in [0.05, 0.1) is 0 Å². The first-order valence-corrected chi connectivity index (χ1v) is 2.35. The first kappa shape index (κ1) is 15.7. The SMILES string of the molecule is O=P(O)(O)O.[Be+2].[H-].[H-].[H-].[Na+]. The van der Waals surface area contributed by atoms with E-state index in [1.807, 2.05) is 0 Å². The Balaban J connectivity index is -0.00000000800. The standard InChI is InChI=1S/Be.Na.H3O4P.3H/c;;1-5(2,3)4;;;/h;;(H3,1,2,3,4);;;/q+2;+1;;3*-1. The number of hydrogen-bond donors (Lipinski definition) is 3. The minimum atomic E-state index is -4.64. The summed E-state index contributed by atoms with van der Waals surface area (Å²) in [5.41, 5.74) is 0. The summed E-state index contributed by atoms with van der Waals surface area (Å²) < 4.78 is 8.88. The van der Waals surface area contributed by atoms with Gasteiger partial charge in [0.1, 0.15) is 0 Å². The van der Waals surface area contributed by atoms with E-state index in [0.717, 1.165) is 0 Å². The molecule has 0 saturated carbocycles. The Kier molecular flexibility index (Phi) is 12.2. The van der Waals surface area contributed by atoms with E-state index >= 15 is 0 Å². The monoisotopic (exact) mass is 133 g/mol. The Hall–Kier alpha value is 1.28. The largest absolute Gasteiger partial charge is 2.00 e. The molecule has 0 rings (SSSR count). The molecule has 7 heteroatoms. The second-order valence-corrected chi connectivity index (χ2v) is 1.54. The Labute approximate surface area is 71.1 Å². The van der Waals surface area contributed by atoms with Crippen molar-refractivity contribution < 1.29 is 53.1 Å². The first-order valence-electron chi connectivity index (χ1n) is 0.783. The van der Waals surface area contributed by atoms with E-state index in [2.05, 4.69) is 0 Å². The zero-order valence-corrected chi connectivity index (χ0v) is 6.80. The summed E-state index contributed by atoms with van der Waals surface area (Å²) in [5.74, 6) is 0. The maximum absolute atomic E-state index is 8.88. The van der Waals surface area contributed by atoms with Crippen LogP contribution in [0.15, 0.2) is 0 Å². The maximum Gasteiger partial charge on any atom is 2.00 e. The molecule has 7 heavy (non-hydrogen) atoms. The van der Waals surface area contributed by atoms with Gasteiger partial charge in [-0.25, -0.2) is 4.57 Å². The van der Waals surface area contributed by atoms with Crippen molar-refractivity contribution in [3.63, 3.8) is 0 Å².